The van der Waals surface area contributed by atoms with Crippen LogP contribution in [0.3, 0.4) is 0 Å². The van der Waals surface area contributed by atoms with Gasteiger partial charge >= 0.3 is 0 Å². The van der Waals surface area contributed by atoms with E-state index < -0.39 is 0 Å². The van der Waals surface area contributed by atoms with Crippen LogP contribution in [-0.4, -0.2) is 35.0 Å². The van der Waals surface area contributed by atoms with E-state index in [1.807, 2.05) is 36.4 Å². The first-order valence-electron chi connectivity index (χ1n) is 8.96. The van der Waals surface area contributed by atoms with Crippen molar-refractivity contribution in [3.05, 3.63) is 77.9 Å². The van der Waals surface area contributed by atoms with Gasteiger partial charge in [-0.15, -0.1) is 0 Å². The SMILES string of the molecule is CC[N+](CC)(CCSC(=O)C=Cc1ccccc1)Cc1ccccc1.[Br-]. The predicted octanol–water partition coefficient (Wildman–Crippen LogP) is 2.02. The molecule has 140 valence electrons. The maximum absolute atomic E-state index is 12.1. The molecule has 0 aromatic heterocycles. The summed E-state index contributed by atoms with van der Waals surface area (Å²) in [5, 5.41) is 0.133. The van der Waals surface area contributed by atoms with E-state index in [1.165, 1.54) is 17.3 Å². The number of thioether (sulfide) groups is 1. The van der Waals surface area contributed by atoms with Gasteiger partial charge in [0, 0.05) is 5.56 Å². The molecule has 0 radical (unpaired) electrons. The third-order valence-corrected chi connectivity index (χ3v) is 5.53. The minimum absolute atomic E-state index is 0. The second-order valence-corrected chi connectivity index (χ2v) is 7.35. The molecule has 2 rings (SSSR count). The Hall–Kier alpha value is -1.36. The van der Waals surface area contributed by atoms with Crippen molar-refractivity contribution >= 4 is 23.0 Å². The molecule has 0 N–H and O–H groups in total. The first-order chi connectivity index (χ1) is 12.2. The Labute approximate surface area is 172 Å². The average Bonchev–Trinajstić information content (AvgIpc) is 2.67. The van der Waals surface area contributed by atoms with Crippen LogP contribution in [0.5, 0.6) is 0 Å². The third kappa shape index (κ3) is 7.48. The fraction of sp³-hybridized carbons (Fsp3) is 0.318. The quantitative estimate of drug-likeness (QED) is 0.444. The van der Waals surface area contributed by atoms with Gasteiger partial charge in [0.1, 0.15) is 6.54 Å². The van der Waals surface area contributed by atoms with Crippen LogP contribution >= 0.6 is 11.8 Å². The highest BCUT2D eigenvalue weighted by Crippen LogP contribution is 2.17. The molecule has 0 atom stereocenters. The Balaban J connectivity index is 0.00000338. The summed E-state index contributed by atoms with van der Waals surface area (Å²) >= 11 is 1.42. The largest absolute Gasteiger partial charge is 1.00 e. The van der Waals surface area contributed by atoms with Gasteiger partial charge in [0.25, 0.3) is 0 Å². The lowest BCUT2D eigenvalue weighted by atomic mass is 10.2. The molecule has 0 saturated heterocycles. The summed E-state index contributed by atoms with van der Waals surface area (Å²) in [6.45, 7) is 8.70. The molecule has 2 aromatic rings. The molecule has 0 bridgehead atoms. The van der Waals surface area contributed by atoms with Crippen molar-refractivity contribution < 1.29 is 26.3 Å². The number of nitrogens with zero attached hydrogens (tertiary/aromatic N) is 1. The Morgan fingerprint density at radius 3 is 2.12 bits per heavy atom. The third-order valence-electron chi connectivity index (χ3n) is 4.72. The minimum Gasteiger partial charge on any atom is -1.00 e. The number of hydrogen-bond donors (Lipinski definition) is 0. The summed E-state index contributed by atoms with van der Waals surface area (Å²) < 4.78 is 1.02. The van der Waals surface area contributed by atoms with E-state index in [-0.39, 0.29) is 22.1 Å². The number of hydrogen-bond acceptors (Lipinski definition) is 2. The van der Waals surface area contributed by atoms with Gasteiger partial charge in [-0.2, -0.15) is 0 Å². The minimum atomic E-state index is 0. The lowest BCUT2D eigenvalue weighted by Gasteiger charge is -2.37. The molecule has 26 heavy (non-hydrogen) atoms. The molecule has 0 saturated carbocycles. The number of benzene rings is 2. The number of carbonyl (C=O) groups is 1. The van der Waals surface area contributed by atoms with Crippen LogP contribution in [0.2, 0.25) is 0 Å². The second-order valence-electron chi connectivity index (χ2n) is 6.25. The Bertz CT molecular complexity index is 669. The van der Waals surface area contributed by atoms with E-state index >= 15 is 0 Å². The molecule has 0 unspecified atom stereocenters. The van der Waals surface area contributed by atoms with Crippen LogP contribution in [0.15, 0.2) is 66.7 Å². The number of quaternary nitrogens is 1. The number of halogens is 1. The smallest absolute Gasteiger partial charge is 0.212 e. The molecule has 2 aromatic carbocycles. The van der Waals surface area contributed by atoms with E-state index in [0.29, 0.717) is 0 Å². The lowest BCUT2D eigenvalue weighted by molar-refractivity contribution is -0.935. The fourth-order valence-electron chi connectivity index (χ4n) is 2.93. The van der Waals surface area contributed by atoms with Crippen LogP contribution in [0.25, 0.3) is 6.08 Å². The summed E-state index contributed by atoms with van der Waals surface area (Å²) in [7, 11) is 0. The number of rotatable bonds is 9. The molecule has 4 heteroatoms. The molecular weight excluding hydrogens is 406 g/mol. The highest BCUT2D eigenvalue weighted by molar-refractivity contribution is 8.14. The van der Waals surface area contributed by atoms with Crippen molar-refractivity contribution in [3.63, 3.8) is 0 Å². The van der Waals surface area contributed by atoms with Gasteiger partial charge < -0.3 is 21.5 Å². The first-order valence-corrected chi connectivity index (χ1v) is 9.95. The Morgan fingerprint density at radius 2 is 1.54 bits per heavy atom. The molecule has 0 heterocycles. The summed E-state index contributed by atoms with van der Waals surface area (Å²) in [5.41, 5.74) is 2.43. The molecule has 0 aliphatic heterocycles. The van der Waals surface area contributed by atoms with Gasteiger partial charge in [0.05, 0.1) is 25.4 Å². The number of carbonyl (C=O) groups excluding carboxylic acids is 1. The van der Waals surface area contributed by atoms with Crippen LogP contribution in [0.4, 0.5) is 0 Å². The zero-order chi connectivity index (χ0) is 18.0. The molecule has 0 aliphatic rings. The molecule has 2 nitrogen and oxygen atoms in total. The van der Waals surface area contributed by atoms with E-state index in [4.69, 9.17) is 0 Å². The summed E-state index contributed by atoms with van der Waals surface area (Å²) in [6.07, 6.45) is 3.57. The van der Waals surface area contributed by atoms with E-state index in [1.54, 1.807) is 6.08 Å². The zero-order valence-corrected chi connectivity index (χ0v) is 18.0. The zero-order valence-electron chi connectivity index (χ0n) is 15.6. The molecular formula is C22H28BrNOS. The standard InChI is InChI=1S/C22H28NOS.BrH/c1-3-23(4-2,19-21-13-9-6-10-14-21)17-18-25-22(24)16-15-20-11-7-5-8-12-20;/h5-16H,3-4,17-19H2,1-2H3;1H/q+1;/p-1. The normalized spacial score (nSPS) is 11.3. The highest BCUT2D eigenvalue weighted by atomic mass is 79.9. The lowest BCUT2D eigenvalue weighted by Crippen LogP contribution is -3.00. The van der Waals surface area contributed by atoms with E-state index in [9.17, 15) is 4.79 Å². The van der Waals surface area contributed by atoms with Crippen molar-refractivity contribution in [3.8, 4) is 0 Å². The van der Waals surface area contributed by atoms with E-state index in [2.05, 4.69) is 44.2 Å². The second kappa shape index (κ2) is 12.1. The van der Waals surface area contributed by atoms with Crippen molar-refractivity contribution in [2.45, 2.75) is 20.4 Å². The van der Waals surface area contributed by atoms with Gasteiger partial charge in [0.15, 0.2) is 0 Å². The summed E-state index contributed by atoms with van der Waals surface area (Å²) in [5.74, 6) is 0.854. The highest BCUT2D eigenvalue weighted by Gasteiger charge is 2.23. The molecule has 0 fully saturated rings. The van der Waals surface area contributed by atoms with Crippen molar-refractivity contribution in [1.29, 1.82) is 0 Å². The first kappa shape index (κ1) is 22.7. The van der Waals surface area contributed by atoms with Crippen LogP contribution < -0.4 is 17.0 Å². The maximum atomic E-state index is 12.1. The topological polar surface area (TPSA) is 17.1 Å². The summed E-state index contributed by atoms with van der Waals surface area (Å²) in [4.78, 5) is 12.1. The predicted molar refractivity (Wildman–Crippen MR) is 109 cm³/mol. The van der Waals surface area contributed by atoms with E-state index in [0.717, 1.165) is 42.0 Å². The van der Waals surface area contributed by atoms with Crippen LogP contribution in [0.1, 0.15) is 25.0 Å². The molecule has 0 spiro atoms. The monoisotopic (exact) mass is 433 g/mol. The summed E-state index contributed by atoms with van der Waals surface area (Å²) in [6, 6.07) is 20.6. The van der Waals surface area contributed by atoms with Crippen molar-refractivity contribution in [2.75, 3.05) is 25.4 Å². The van der Waals surface area contributed by atoms with Gasteiger partial charge in [0.2, 0.25) is 5.12 Å². The van der Waals surface area contributed by atoms with Gasteiger partial charge in [-0.1, -0.05) is 78.5 Å². The van der Waals surface area contributed by atoms with Crippen molar-refractivity contribution in [2.24, 2.45) is 0 Å². The van der Waals surface area contributed by atoms with Gasteiger partial charge in [-0.25, -0.2) is 0 Å². The van der Waals surface area contributed by atoms with Gasteiger partial charge in [-0.05, 0) is 25.5 Å². The Morgan fingerprint density at radius 1 is 0.962 bits per heavy atom. The van der Waals surface area contributed by atoms with Crippen molar-refractivity contribution in [1.82, 2.24) is 0 Å². The van der Waals surface area contributed by atoms with Crippen LogP contribution in [-0.2, 0) is 11.3 Å². The Kier molecular flexibility index (Phi) is 10.6. The maximum Gasteiger partial charge on any atom is 0.212 e. The molecule has 0 aliphatic carbocycles. The fourth-order valence-corrected chi connectivity index (χ4v) is 3.77. The molecule has 0 amide bonds. The van der Waals surface area contributed by atoms with Crippen LogP contribution in [0, 0.1) is 0 Å². The average molecular weight is 434 g/mol. The van der Waals surface area contributed by atoms with Gasteiger partial charge in [-0.3, -0.25) is 4.79 Å².